The van der Waals surface area contributed by atoms with Crippen molar-refractivity contribution in [3.05, 3.63) is 64.1 Å². The van der Waals surface area contributed by atoms with Gasteiger partial charge in [-0.2, -0.15) is 0 Å². The van der Waals surface area contributed by atoms with Crippen LogP contribution >= 0.6 is 0 Å². The van der Waals surface area contributed by atoms with E-state index in [0.717, 1.165) is 12.1 Å². The smallest absolute Gasteiger partial charge is 0.223 e. The lowest BCUT2D eigenvalue weighted by molar-refractivity contribution is 0.451. The highest BCUT2D eigenvalue weighted by Crippen LogP contribution is 2.16. The highest BCUT2D eigenvalue weighted by molar-refractivity contribution is 5.32. The summed E-state index contributed by atoms with van der Waals surface area (Å²) in [5.41, 5.74) is 1.43. The van der Waals surface area contributed by atoms with Crippen molar-refractivity contribution < 1.29 is 5.11 Å². The number of aryl methyl sites for hydroxylation is 1. The summed E-state index contributed by atoms with van der Waals surface area (Å²) < 4.78 is 1.89. The summed E-state index contributed by atoms with van der Waals surface area (Å²) in [4.78, 5) is 11.4. The van der Waals surface area contributed by atoms with Crippen molar-refractivity contribution in [3.8, 4) is 5.75 Å². The summed E-state index contributed by atoms with van der Waals surface area (Å²) in [6, 6.07) is 11.2. The molecule has 2 rings (SSSR count). The third-order valence-electron chi connectivity index (χ3n) is 2.81. The van der Waals surface area contributed by atoms with E-state index in [4.69, 9.17) is 0 Å². The molecule has 0 saturated carbocycles. The Hall–Kier alpha value is -2.03. The second kappa shape index (κ2) is 4.87. The van der Waals surface area contributed by atoms with E-state index in [2.05, 4.69) is 0 Å². The quantitative estimate of drug-likeness (QED) is 0.876. The van der Waals surface area contributed by atoms with Crippen LogP contribution in [-0.4, -0.2) is 9.67 Å². The minimum absolute atomic E-state index is 0.141. The van der Waals surface area contributed by atoms with Crippen LogP contribution in [0.5, 0.6) is 5.75 Å². The van der Waals surface area contributed by atoms with Gasteiger partial charge in [0.1, 0.15) is 0 Å². The molecule has 0 radical (unpaired) electrons. The van der Waals surface area contributed by atoms with E-state index >= 15 is 0 Å². The maximum Gasteiger partial charge on any atom is 0.223 e. The van der Waals surface area contributed by atoms with Crippen molar-refractivity contribution >= 4 is 0 Å². The van der Waals surface area contributed by atoms with E-state index in [1.165, 1.54) is 6.07 Å². The fourth-order valence-electron chi connectivity index (χ4n) is 1.88. The largest absolute Gasteiger partial charge is 0.503 e. The Bertz CT molecular complexity index is 558. The molecule has 2 aromatic rings. The van der Waals surface area contributed by atoms with Gasteiger partial charge in [0.2, 0.25) is 5.43 Å². The van der Waals surface area contributed by atoms with Crippen molar-refractivity contribution in [2.45, 2.75) is 19.9 Å². The van der Waals surface area contributed by atoms with Crippen LogP contribution in [0, 0.1) is 0 Å². The number of benzene rings is 1. The van der Waals surface area contributed by atoms with Crippen LogP contribution in [0.2, 0.25) is 0 Å². The normalized spacial score (nSPS) is 10.4. The Morgan fingerprint density at radius 2 is 1.88 bits per heavy atom. The Balaban J connectivity index is 2.44. The minimum Gasteiger partial charge on any atom is -0.503 e. The van der Waals surface area contributed by atoms with E-state index in [1.54, 1.807) is 6.20 Å². The summed E-state index contributed by atoms with van der Waals surface area (Å²) in [6.45, 7) is 2.72. The molecule has 1 N–H and O–H groups in total. The predicted octanol–water partition coefficient (Wildman–Crippen LogP) is 2.16. The zero-order valence-electron chi connectivity index (χ0n) is 9.76. The van der Waals surface area contributed by atoms with Gasteiger partial charge in [0.25, 0.3) is 0 Å². The number of hydrogen-bond donors (Lipinski definition) is 1. The van der Waals surface area contributed by atoms with Crippen LogP contribution in [0.15, 0.2) is 47.4 Å². The molecular weight excluding hydrogens is 214 g/mol. The molecule has 0 spiro atoms. The van der Waals surface area contributed by atoms with Gasteiger partial charge in [-0.1, -0.05) is 30.3 Å². The number of hydrogen-bond acceptors (Lipinski definition) is 2. The molecule has 0 aliphatic carbocycles. The SMILES string of the molecule is CCn1ccc(=O)c(O)c1Cc1ccccc1. The summed E-state index contributed by atoms with van der Waals surface area (Å²) in [5.74, 6) is -0.141. The molecule has 88 valence electrons. The van der Waals surface area contributed by atoms with Crippen LogP contribution in [0.4, 0.5) is 0 Å². The molecule has 0 aliphatic heterocycles. The highest BCUT2D eigenvalue weighted by atomic mass is 16.3. The summed E-state index contributed by atoms with van der Waals surface area (Å²) in [5, 5.41) is 9.84. The van der Waals surface area contributed by atoms with Crippen molar-refractivity contribution in [2.24, 2.45) is 0 Å². The number of nitrogens with zero attached hydrogens (tertiary/aromatic N) is 1. The van der Waals surface area contributed by atoms with E-state index < -0.39 is 0 Å². The van der Waals surface area contributed by atoms with E-state index in [-0.39, 0.29) is 11.2 Å². The van der Waals surface area contributed by atoms with Gasteiger partial charge in [-0.25, -0.2) is 0 Å². The molecule has 17 heavy (non-hydrogen) atoms. The first-order valence-electron chi connectivity index (χ1n) is 5.67. The molecule has 3 heteroatoms. The molecule has 0 saturated heterocycles. The van der Waals surface area contributed by atoms with Gasteiger partial charge in [-0.3, -0.25) is 4.79 Å². The summed E-state index contributed by atoms with van der Waals surface area (Å²) in [7, 11) is 0. The Labute approximate surface area is 100.0 Å². The molecule has 1 aromatic carbocycles. The molecule has 0 atom stereocenters. The van der Waals surface area contributed by atoms with Crippen molar-refractivity contribution in [1.29, 1.82) is 0 Å². The van der Waals surface area contributed by atoms with Crippen LogP contribution in [0.1, 0.15) is 18.2 Å². The summed E-state index contributed by atoms with van der Waals surface area (Å²) in [6.07, 6.45) is 2.29. The van der Waals surface area contributed by atoms with Gasteiger partial charge >= 0.3 is 0 Å². The zero-order valence-corrected chi connectivity index (χ0v) is 9.76. The van der Waals surface area contributed by atoms with Crippen molar-refractivity contribution in [2.75, 3.05) is 0 Å². The van der Waals surface area contributed by atoms with Gasteiger partial charge < -0.3 is 9.67 Å². The zero-order chi connectivity index (χ0) is 12.3. The molecule has 0 amide bonds. The maximum atomic E-state index is 11.4. The Morgan fingerprint density at radius 1 is 1.18 bits per heavy atom. The standard InChI is InChI=1S/C14H15NO2/c1-2-15-9-8-13(16)14(17)12(15)10-11-6-4-3-5-7-11/h3-9,17H,2,10H2,1H3. The van der Waals surface area contributed by atoms with Crippen molar-refractivity contribution in [1.82, 2.24) is 4.57 Å². The topological polar surface area (TPSA) is 42.2 Å². The lowest BCUT2D eigenvalue weighted by Crippen LogP contribution is -2.12. The summed E-state index contributed by atoms with van der Waals surface area (Å²) >= 11 is 0. The lowest BCUT2D eigenvalue weighted by atomic mass is 10.1. The third kappa shape index (κ3) is 2.38. The first kappa shape index (κ1) is 11.5. The van der Waals surface area contributed by atoms with Gasteiger partial charge in [0.05, 0.1) is 5.69 Å². The molecule has 0 aliphatic rings. The van der Waals surface area contributed by atoms with Crippen molar-refractivity contribution in [3.63, 3.8) is 0 Å². The fourth-order valence-corrected chi connectivity index (χ4v) is 1.88. The average Bonchev–Trinajstić information content (AvgIpc) is 2.37. The molecule has 0 bridgehead atoms. The molecular formula is C14H15NO2. The maximum absolute atomic E-state index is 11.4. The second-order valence-corrected chi connectivity index (χ2v) is 3.92. The van der Waals surface area contributed by atoms with Crippen LogP contribution < -0.4 is 5.43 Å². The molecule has 0 unspecified atom stereocenters. The first-order chi connectivity index (χ1) is 8.22. The fraction of sp³-hybridized carbons (Fsp3) is 0.214. The lowest BCUT2D eigenvalue weighted by Gasteiger charge is -2.12. The van der Waals surface area contributed by atoms with Crippen LogP contribution in [0.3, 0.4) is 0 Å². The van der Waals surface area contributed by atoms with Crippen LogP contribution in [-0.2, 0) is 13.0 Å². The Kier molecular flexibility index (Phi) is 3.28. The van der Waals surface area contributed by atoms with Gasteiger partial charge in [0, 0.05) is 25.2 Å². The highest BCUT2D eigenvalue weighted by Gasteiger charge is 2.09. The number of aromatic nitrogens is 1. The third-order valence-corrected chi connectivity index (χ3v) is 2.81. The molecule has 0 fully saturated rings. The number of pyridine rings is 1. The van der Waals surface area contributed by atoms with Gasteiger partial charge in [-0.05, 0) is 12.5 Å². The average molecular weight is 229 g/mol. The Morgan fingerprint density at radius 3 is 2.53 bits per heavy atom. The second-order valence-electron chi connectivity index (χ2n) is 3.92. The van der Waals surface area contributed by atoms with E-state index in [9.17, 15) is 9.90 Å². The van der Waals surface area contributed by atoms with Gasteiger partial charge in [-0.15, -0.1) is 0 Å². The van der Waals surface area contributed by atoms with Gasteiger partial charge in [0.15, 0.2) is 5.75 Å². The van der Waals surface area contributed by atoms with E-state index in [1.807, 2.05) is 41.8 Å². The number of rotatable bonds is 3. The predicted molar refractivity (Wildman–Crippen MR) is 67.3 cm³/mol. The molecule has 1 aromatic heterocycles. The van der Waals surface area contributed by atoms with E-state index in [0.29, 0.717) is 12.1 Å². The molecule has 3 nitrogen and oxygen atoms in total. The van der Waals surface area contributed by atoms with Crippen LogP contribution in [0.25, 0.3) is 0 Å². The monoisotopic (exact) mass is 229 g/mol. The minimum atomic E-state index is -0.319. The first-order valence-corrected chi connectivity index (χ1v) is 5.67. The number of aromatic hydroxyl groups is 1. The molecule has 1 heterocycles.